The molecule has 2 heteroatoms. The molecule has 0 saturated heterocycles. The molecule has 0 aromatic carbocycles. The van der Waals surface area contributed by atoms with Crippen LogP contribution in [0.25, 0.3) is 0 Å². The normalized spacial score (nSPS) is 11.7. The van der Waals surface area contributed by atoms with Crippen LogP contribution < -0.4 is 0 Å². The average molecular weight is 172 g/mol. The molecule has 0 aromatic heterocycles. The number of rotatable bonds is 5. The van der Waals surface area contributed by atoms with Gasteiger partial charge in [0, 0.05) is 6.42 Å². The number of aliphatic hydroxyl groups excluding tert-OH is 1. The number of ketones is 1. The molecular weight excluding hydrogens is 152 g/mol. The topological polar surface area (TPSA) is 37.3 Å². The van der Waals surface area contributed by atoms with Gasteiger partial charge in [-0.15, -0.1) is 0 Å². The average Bonchev–Trinajstić information content (AvgIpc) is 1.96. The number of hydrogen-bond acceptors (Lipinski definition) is 2. The van der Waals surface area contributed by atoms with Crippen molar-refractivity contribution in [3.63, 3.8) is 0 Å². The highest BCUT2D eigenvalue weighted by molar-refractivity contribution is 5.79. The maximum atomic E-state index is 10.7. The number of hydrogen-bond donors (Lipinski definition) is 1. The van der Waals surface area contributed by atoms with Crippen molar-refractivity contribution in [2.75, 3.05) is 6.61 Å². The standard InChI is InChI=1S/C10H20O2/c1-10(2,3)7-5-4-6-9(12)8-11/h11H,4-8H2,1-3H3. The largest absolute Gasteiger partial charge is 0.389 e. The molecule has 0 aromatic rings. The third kappa shape index (κ3) is 7.73. The zero-order valence-electron chi connectivity index (χ0n) is 8.39. The van der Waals surface area contributed by atoms with Crippen molar-refractivity contribution in [3.05, 3.63) is 0 Å². The molecule has 12 heavy (non-hydrogen) atoms. The Hall–Kier alpha value is -0.370. The lowest BCUT2D eigenvalue weighted by Crippen LogP contribution is -2.06. The summed E-state index contributed by atoms with van der Waals surface area (Å²) in [4.78, 5) is 10.7. The molecule has 0 aliphatic heterocycles. The minimum absolute atomic E-state index is 0.0380. The van der Waals surface area contributed by atoms with Crippen molar-refractivity contribution in [3.8, 4) is 0 Å². The first kappa shape index (κ1) is 11.6. The van der Waals surface area contributed by atoms with Gasteiger partial charge in [-0.1, -0.05) is 27.2 Å². The minimum Gasteiger partial charge on any atom is -0.389 e. The molecule has 0 spiro atoms. The van der Waals surface area contributed by atoms with E-state index < -0.39 is 0 Å². The van der Waals surface area contributed by atoms with Gasteiger partial charge in [0.05, 0.1) is 0 Å². The van der Waals surface area contributed by atoms with E-state index in [-0.39, 0.29) is 12.4 Å². The molecule has 0 bridgehead atoms. The molecule has 0 heterocycles. The molecular formula is C10H20O2. The number of carbonyl (C=O) groups excluding carboxylic acids is 1. The van der Waals surface area contributed by atoms with Gasteiger partial charge < -0.3 is 5.11 Å². The predicted octanol–water partition coefficient (Wildman–Crippen LogP) is 2.15. The summed E-state index contributed by atoms with van der Waals surface area (Å²) in [6.45, 7) is 6.29. The molecule has 72 valence electrons. The van der Waals surface area contributed by atoms with E-state index >= 15 is 0 Å². The number of carbonyl (C=O) groups is 1. The summed E-state index contributed by atoms with van der Waals surface area (Å²) in [6, 6.07) is 0. The molecule has 0 rings (SSSR count). The van der Waals surface area contributed by atoms with Crippen LogP contribution in [0.4, 0.5) is 0 Å². The Labute approximate surface area is 75.0 Å². The third-order valence-electron chi connectivity index (χ3n) is 1.81. The highest BCUT2D eigenvalue weighted by atomic mass is 16.3. The highest BCUT2D eigenvalue weighted by Crippen LogP contribution is 2.21. The van der Waals surface area contributed by atoms with Crippen molar-refractivity contribution in [1.29, 1.82) is 0 Å². The monoisotopic (exact) mass is 172 g/mol. The Kier molecular flexibility index (Phi) is 5.14. The Balaban J connectivity index is 3.28. The molecule has 0 aliphatic carbocycles. The van der Waals surface area contributed by atoms with Crippen LogP contribution in [0.2, 0.25) is 0 Å². The SMILES string of the molecule is CC(C)(C)CCCCC(=O)CO. The van der Waals surface area contributed by atoms with E-state index in [1.807, 2.05) is 0 Å². The van der Waals surface area contributed by atoms with Crippen molar-refractivity contribution in [2.45, 2.75) is 46.5 Å². The summed E-state index contributed by atoms with van der Waals surface area (Å²) in [5, 5.41) is 8.44. The first-order valence-electron chi connectivity index (χ1n) is 4.58. The Morgan fingerprint density at radius 2 is 1.83 bits per heavy atom. The van der Waals surface area contributed by atoms with Crippen LogP contribution in [0.5, 0.6) is 0 Å². The first-order chi connectivity index (χ1) is 5.45. The van der Waals surface area contributed by atoms with Crippen LogP contribution >= 0.6 is 0 Å². The molecule has 0 radical (unpaired) electrons. The second-order valence-electron chi connectivity index (χ2n) is 4.46. The van der Waals surface area contributed by atoms with Gasteiger partial charge in [0.25, 0.3) is 0 Å². The molecule has 0 unspecified atom stereocenters. The van der Waals surface area contributed by atoms with E-state index in [1.54, 1.807) is 0 Å². The van der Waals surface area contributed by atoms with Gasteiger partial charge in [-0.05, 0) is 18.3 Å². The number of Topliss-reactive ketones (excluding diaryl/α,β-unsaturated/α-hetero) is 1. The quantitative estimate of drug-likeness (QED) is 0.645. The van der Waals surface area contributed by atoms with Crippen molar-refractivity contribution >= 4 is 5.78 Å². The number of aliphatic hydroxyl groups is 1. The van der Waals surface area contributed by atoms with E-state index in [9.17, 15) is 4.79 Å². The first-order valence-corrected chi connectivity index (χ1v) is 4.58. The molecule has 0 saturated carbocycles. The van der Waals surface area contributed by atoms with Gasteiger partial charge in [-0.3, -0.25) is 4.79 Å². The van der Waals surface area contributed by atoms with Gasteiger partial charge >= 0.3 is 0 Å². The van der Waals surface area contributed by atoms with Crippen LogP contribution in [0.3, 0.4) is 0 Å². The molecule has 0 amide bonds. The summed E-state index contributed by atoms with van der Waals surface area (Å²) in [7, 11) is 0. The predicted molar refractivity (Wildman–Crippen MR) is 50.0 cm³/mol. The molecule has 1 N–H and O–H groups in total. The summed E-state index contributed by atoms with van der Waals surface area (Å²) in [6.07, 6.45) is 3.67. The van der Waals surface area contributed by atoms with Gasteiger partial charge in [0.15, 0.2) is 5.78 Å². The fourth-order valence-corrected chi connectivity index (χ4v) is 1.06. The lowest BCUT2D eigenvalue weighted by molar-refractivity contribution is -0.121. The molecule has 0 atom stereocenters. The summed E-state index contributed by atoms with van der Waals surface area (Å²) < 4.78 is 0. The zero-order valence-corrected chi connectivity index (χ0v) is 8.39. The summed E-state index contributed by atoms with van der Waals surface area (Å²) >= 11 is 0. The van der Waals surface area contributed by atoms with E-state index in [1.165, 1.54) is 0 Å². The highest BCUT2D eigenvalue weighted by Gasteiger charge is 2.09. The molecule has 0 aliphatic rings. The third-order valence-corrected chi connectivity index (χ3v) is 1.81. The van der Waals surface area contributed by atoms with Crippen LogP contribution in [-0.4, -0.2) is 17.5 Å². The van der Waals surface area contributed by atoms with Gasteiger partial charge in [0.2, 0.25) is 0 Å². The second kappa shape index (κ2) is 5.31. The van der Waals surface area contributed by atoms with E-state index in [0.717, 1.165) is 19.3 Å². The minimum atomic E-state index is -0.296. The molecule has 2 nitrogen and oxygen atoms in total. The fraction of sp³-hybridized carbons (Fsp3) is 0.900. The summed E-state index contributed by atoms with van der Waals surface area (Å²) in [5.41, 5.74) is 0.363. The van der Waals surface area contributed by atoms with Crippen LogP contribution in [0.1, 0.15) is 46.5 Å². The zero-order chi connectivity index (χ0) is 9.61. The number of unbranched alkanes of at least 4 members (excludes halogenated alkanes) is 1. The fourth-order valence-electron chi connectivity index (χ4n) is 1.06. The second-order valence-corrected chi connectivity index (χ2v) is 4.46. The summed E-state index contributed by atoms with van der Waals surface area (Å²) in [5.74, 6) is -0.0380. The van der Waals surface area contributed by atoms with Crippen molar-refractivity contribution in [1.82, 2.24) is 0 Å². The maximum Gasteiger partial charge on any atom is 0.158 e. The van der Waals surface area contributed by atoms with Crippen molar-refractivity contribution < 1.29 is 9.90 Å². The van der Waals surface area contributed by atoms with Gasteiger partial charge in [-0.2, -0.15) is 0 Å². The van der Waals surface area contributed by atoms with Gasteiger partial charge in [-0.25, -0.2) is 0 Å². The van der Waals surface area contributed by atoms with Crippen LogP contribution in [0, 0.1) is 5.41 Å². The van der Waals surface area contributed by atoms with Crippen LogP contribution in [-0.2, 0) is 4.79 Å². The van der Waals surface area contributed by atoms with Crippen LogP contribution in [0.15, 0.2) is 0 Å². The van der Waals surface area contributed by atoms with E-state index in [2.05, 4.69) is 20.8 Å². The Bertz CT molecular complexity index is 133. The van der Waals surface area contributed by atoms with E-state index in [0.29, 0.717) is 11.8 Å². The maximum absolute atomic E-state index is 10.7. The smallest absolute Gasteiger partial charge is 0.158 e. The van der Waals surface area contributed by atoms with Gasteiger partial charge in [0.1, 0.15) is 6.61 Å². The van der Waals surface area contributed by atoms with Crippen molar-refractivity contribution in [2.24, 2.45) is 5.41 Å². The Morgan fingerprint density at radius 3 is 2.25 bits per heavy atom. The lowest BCUT2D eigenvalue weighted by Gasteiger charge is -2.17. The lowest BCUT2D eigenvalue weighted by atomic mass is 9.89. The Morgan fingerprint density at radius 1 is 1.25 bits per heavy atom. The van der Waals surface area contributed by atoms with E-state index in [4.69, 9.17) is 5.11 Å². The molecule has 0 fully saturated rings.